The van der Waals surface area contributed by atoms with Crippen molar-refractivity contribution in [3.63, 3.8) is 0 Å². The zero-order valence-corrected chi connectivity index (χ0v) is 19.7. The number of nitrogens with zero attached hydrogens (tertiary/aromatic N) is 2. The van der Waals surface area contributed by atoms with Crippen molar-refractivity contribution in [3.05, 3.63) is 64.2 Å². The highest BCUT2D eigenvalue weighted by Crippen LogP contribution is 2.32. The Balaban J connectivity index is 1.55. The van der Waals surface area contributed by atoms with Gasteiger partial charge >= 0.3 is 6.18 Å². The van der Waals surface area contributed by atoms with Gasteiger partial charge in [0.1, 0.15) is 0 Å². The molecule has 0 atom stereocenters. The number of aryl methyl sites for hydroxylation is 3. The van der Waals surface area contributed by atoms with E-state index in [1.807, 2.05) is 32.9 Å². The highest BCUT2D eigenvalue weighted by atomic mass is 32.2. The summed E-state index contributed by atoms with van der Waals surface area (Å²) in [6, 6.07) is 8.84. The monoisotopic (exact) mass is 483 g/mol. The fourth-order valence-electron chi connectivity index (χ4n) is 4.15. The van der Waals surface area contributed by atoms with Crippen molar-refractivity contribution in [2.45, 2.75) is 26.9 Å². The van der Waals surface area contributed by atoms with Crippen LogP contribution in [0.3, 0.4) is 0 Å². The molecule has 2 aromatic carbocycles. The van der Waals surface area contributed by atoms with Gasteiger partial charge in [0, 0.05) is 44.0 Å². The van der Waals surface area contributed by atoms with Crippen molar-refractivity contribution in [3.8, 4) is 0 Å². The maximum Gasteiger partial charge on any atom is 0.416 e. The minimum absolute atomic E-state index is 0.0260. The summed E-state index contributed by atoms with van der Waals surface area (Å²) in [5.74, 6) is -0.554. The van der Waals surface area contributed by atoms with Gasteiger partial charge in [-0.15, -0.1) is 0 Å². The molecule has 1 aliphatic heterocycles. The van der Waals surface area contributed by atoms with Gasteiger partial charge in [0.25, 0.3) is 5.91 Å². The molecule has 1 saturated heterocycles. The van der Waals surface area contributed by atoms with E-state index in [0.717, 1.165) is 28.8 Å². The Morgan fingerprint density at radius 2 is 1.61 bits per heavy atom. The lowest BCUT2D eigenvalue weighted by Gasteiger charge is -2.35. The van der Waals surface area contributed by atoms with Crippen LogP contribution in [0.25, 0.3) is 0 Å². The van der Waals surface area contributed by atoms with E-state index < -0.39 is 21.8 Å². The van der Waals surface area contributed by atoms with E-state index in [1.165, 1.54) is 10.4 Å². The number of nitrogens with one attached hydrogen (secondary N) is 1. The van der Waals surface area contributed by atoms with Gasteiger partial charge in [0.05, 0.1) is 11.3 Å². The first-order chi connectivity index (χ1) is 15.4. The Labute approximate surface area is 192 Å². The van der Waals surface area contributed by atoms with E-state index >= 15 is 0 Å². The Morgan fingerprint density at radius 1 is 1.00 bits per heavy atom. The predicted molar refractivity (Wildman–Crippen MR) is 122 cm³/mol. The molecule has 1 aliphatic rings. The Bertz CT molecular complexity index is 1100. The second-order valence-corrected chi connectivity index (χ2v) is 10.4. The third kappa shape index (κ3) is 6.05. The molecular weight excluding hydrogens is 455 g/mol. The van der Waals surface area contributed by atoms with Crippen LogP contribution in [0.4, 0.5) is 18.9 Å². The molecule has 10 heteroatoms. The maximum absolute atomic E-state index is 13.0. The number of anilines is 1. The van der Waals surface area contributed by atoms with Gasteiger partial charge in [-0.2, -0.15) is 17.5 Å². The van der Waals surface area contributed by atoms with Crippen molar-refractivity contribution in [1.82, 2.24) is 9.62 Å². The largest absolute Gasteiger partial charge is 0.416 e. The van der Waals surface area contributed by atoms with Crippen LogP contribution in [-0.4, -0.2) is 57.1 Å². The molecular formula is C23H28F3N3O3S. The number of rotatable bonds is 6. The van der Waals surface area contributed by atoms with E-state index in [4.69, 9.17) is 0 Å². The molecule has 0 bridgehead atoms. The third-order valence-electron chi connectivity index (χ3n) is 5.72. The number of benzene rings is 2. The summed E-state index contributed by atoms with van der Waals surface area (Å²) < 4.78 is 65.6. The van der Waals surface area contributed by atoms with Crippen LogP contribution in [0.15, 0.2) is 36.4 Å². The first-order valence-electron chi connectivity index (χ1n) is 10.6. The minimum Gasteiger partial charge on any atom is -0.369 e. The quantitative estimate of drug-likeness (QED) is 0.683. The normalized spacial score (nSPS) is 15.5. The average Bonchev–Trinajstić information content (AvgIpc) is 2.72. The summed E-state index contributed by atoms with van der Waals surface area (Å²) in [4.78, 5) is 14.3. The van der Waals surface area contributed by atoms with Crippen LogP contribution in [-0.2, 0) is 16.2 Å². The molecule has 180 valence electrons. The van der Waals surface area contributed by atoms with Crippen LogP contribution in [0, 0.1) is 20.8 Å². The third-order valence-corrected chi connectivity index (χ3v) is 7.59. The lowest BCUT2D eigenvalue weighted by Crippen LogP contribution is -2.50. The van der Waals surface area contributed by atoms with Crippen LogP contribution in [0.5, 0.6) is 0 Å². The number of carbonyl (C=O) groups is 1. The molecule has 33 heavy (non-hydrogen) atoms. The maximum atomic E-state index is 13.0. The molecule has 0 radical (unpaired) electrons. The summed E-state index contributed by atoms with van der Waals surface area (Å²) in [6.07, 6.45) is -4.43. The van der Waals surface area contributed by atoms with Gasteiger partial charge in [0.15, 0.2) is 0 Å². The standard InChI is InChI=1S/C23H28F3N3O3S/c1-16-13-17(2)21(18(3)14-16)22(30)27-7-12-33(31,32)29-10-8-28(9-11-29)20-6-4-5-19(15-20)23(24,25)26/h4-6,13-15H,7-12H2,1-3H3,(H,27,30). The summed E-state index contributed by atoms with van der Waals surface area (Å²) >= 11 is 0. The first-order valence-corrected chi connectivity index (χ1v) is 12.3. The smallest absolute Gasteiger partial charge is 0.369 e. The number of piperazine rings is 1. The van der Waals surface area contributed by atoms with Crippen molar-refractivity contribution < 1.29 is 26.4 Å². The van der Waals surface area contributed by atoms with E-state index in [9.17, 15) is 26.4 Å². The highest BCUT2D eigenvalue weighted by molar-refractivity contribution is 7.89. The Kier molecular flexibility index (Phi) is 7.38. The van der Waals surface area contributed by atoms with Gasteiger partial charge in [-0.3, -0.25) is 4.79 Å². The van der Waals surface area contributed by atoms with Crippen LogP contribution in [0.1, 0.15) is 32.6 Å². The van der Waals surface area contributed by atoms with E-state index in [-0.39, 0.29) is 44.4 Å². The van der Waals surface area contributed by atoms with Crippen molar-refractivity contribution in [1.29, 1.82) is 0 Å². The minimum atomic E-state index is -4.43. The topological polar surface area (TPSA) is 69.7 Å². The van der Waals surface area contributed by atoms with Gasteiger partial charge in [-0.25, -0.2) is 8.42 Å². The molecule has 3 rings (SSSR count). The van der Waals surface area contributed by atoms with Crippen molar-refractivity contribution >= 4 is 21.6 Å². The Hall–Kier alpha value is -2.59. The number of alkyl halides is 3. The number of halogens is 3. The molecule has 0 aromatic heterocycles. The molecule has 1 amide bonds. The number of sulfonamides is 1. The molecule has 1 N–H and O–H groups in total. The van der Waals surface area contributed by atoms with Gasteiger partial charge in [-0.1, -0.05) is 23.8 Å². The van der Waals surface area contributed by atoms with E-state index in [2.05, 4.69) is 5.32 Å². The summed E-state index contributed by atoms with van der Waals surface area (Å²) in [5, 5.41) is 2.69. The van der Waals surface area contributed by atoms with E-state index in [0.29, 0.717) is 11.3 Å². The predicted octanol–water partition coefficient (Wildman–Crippen LogP) is 3.51. The molecule has 6 nitrogen and oxygen atoms in total. The fraction of sp³-hybridized carbons (Fsp3) is 0.435. The lowest BCUT2D eigenvalue weighted by atomic mass is 9.99. The van der Waals surface area contributed by atoms with E-state index in [1.54, 1.807) is 11.0 Å². The molecule has 0 aliphatic carbocycles. The zero-order valence-electron chi connectivity index (χ0n) is 18.9. The van der Waals surface area contributed by atoms with Gasteiger partial charge in [-0.05, 0) is 50.1 Å². The summed E-state index contributed by atoms with van der Waals surface area (Å²) in [5.41, 5.74) is 2.95. The van der Waals surface area contributed by atoms with Crippen LogP contribution in [0.2, 0.25) is 0 Å². The number of carbonyl (C=O) groups excluding carboxylic acids is 1. The molecule has 0 saturated carbocycles. The van der Waals surface area contributed by atoms with Crippen LogP contribution < -0.4 is 10.2 Å². The molecule has 2 aromatic rings. The molecule has 0 spiro atoms. The lowest BCUT2D eigenvalue weighted by molar-refractivity contribution is -0.137. The van der Waals surface area contributed by atoms with Gasteiger partial charge in [0.2, 0.25) is 10.0 Å². The second kappa shape index (κ2) is 9.72. The van der Waals surface area contributed by atoms with Gasteiger partial charge < -0.3 is 10.2 Å². The molecule has 0 unspecified atom stereocenters. The fourth-order valence-corrected chi connectivity index (χ4v) is 5.49. The summed E-state index contributed by atoms with van der Waals surface area (Å²) in [7, 11) is -3.61. The van der Waals surface area contributed by atoms with Crippen LogP contribution >= 0.6 is 0 Å². The molecule has 1 fully saturated rings. The average molecular weight is 484 g/mol. The Morgan fingerprint density at radius 3 is 2.18 bits per heavy atom. The zero-order chi connectivity index (χ0) is 24.4. The number of hydrogen-bond donors (Lipinski definition) is 1. The van der Waals surface area contributed by atoms with Crippen molar-refractivity contribution in [2.24, 2.45) is 0 Å². The van der Waals surface area contributed by atoms with Crippen molar-refractivity contribution in [2.75, 3.05) is 43.4 Å². The number of amides is 1. The molecule has 1 heterocycles. The SMILES string of the molecule is Cc1cc(C)c(C(=O)NCCS(=O)(=O)N2CCN(c3cccc(C(F)(F)F)c3)CC2)c(C)c1. The summed E-state index contributed by atoms with van der Waals surface area (Å²) in [6.45, 7) is 6.52. The second-order valence-electron chi connectivity index (χ2n) is 8.28. The number of hydrogen-bond acceptors (Lipinski definition) is 4. The highest BCUT2D eigenvalue weighted by Gasteiger charge is 2.32. The first kappa shape index (κ1) is 25.0.